The number of hydrogen-bond acceptors (Lipinski definition) is 11. The van der Waals surface area contributed by atoms with E-state index in [1.165, 1.54) is 57.8 Å². The zero-order chi connectivity index (χ0) is 41.3. The number of hydrogen-bond donors (Lipinski definition) is 4. The molecule has 56 heavy (non-hydrogen) atoms. The summed E-state index contributed by atoms with van der Waals surface area (Å²) in [5, 5.41) is 30.8. The minimum absolute atomic E-state index is 0.163. The minimum atomic E-state index is -4.60. The molecule has 1 aliphatic heterocycles. The number of unbranched alkanes of at least 4 members (excludes halogenated alkanes) is 17. The van der Waals surface area contributed by atoms with Crippen molar-refractivity contribution >= 4 is 22.1 Å². The van der Waals surface area contributed by atoms with Gasteiger partial charge in [-0.05, 0) is 44.9 Å². The molecule has 0 spiro atoms. The van der Waals surface area contributed by atoms with Crippen molar-refractivity contribution in [3.8, 4) is 0 Å². The molecule has 0 amide bonds. The molecule has 1 aliphatic rings. The van der Waals surface area contributed by atoms with Crippen molar-refractivity contribution in [3.05, 3.63) is 36.5 Å². The van der Waals surface area contributed by atoms with E-state index in [2.05, 4.69) is 50.3 Å². The number of rotatable bonds is 35. The Morgan fingerprint density at radius 2 is 1.12 bits per heavy atom. The van der Waals surface area contributed by atoms with Crippen LogP contribution in [0.3, 0.4) is 0 Å². The highest BCUT2D eigenvalue weighted by molar-refractivity contribution is 7.85. The maximum absolute atomic E-state index is 12.8. The Hall–Kier alpha value is -2.13. The second-order valence-electron chi connectivity index (χ2n) is 15.0. The highest BCUT2D eigenvalue weighted by Crippen LogP contribution is 2.24. The van der Waals surface area contributed by atoms with Gasteiger partial charge in [-0.15, -0.1) is 0 Å². The molecule has 1 saturated heterocycles. The molecular weight excluding hydrogens is 741 g/mol. The van der Waals surface area contributed by atoms with E-state index in [-0.39, 0.29) is 19.4 Å². The van der Waals surface area contributed by atoms with Crippen molar-refractivity contribution in [2.24, 2.45) is 0 Å². The van der Waals surface area contributed by atoms with Crippen LogP contribution >= 0.6 is 0 Å². The van der Waals surface area contributed by atoms with E-state index in [4.69, 9.17) is 18.9 Å². The molecule has 0 aromatic rings. The number of aliphatic hydroxyl groups is 3. The largest absolute Gasteiger partial charge is 0.462 e. The molecule has 0 bridgehead atoms. The Balaban J connectivity index is 2.48. The maximum Gasteiger partial charge on any atom is 0.306 e. The van der Waals surface area contributed by atoms with Crippen molar-refractivity contribution < 1.29 is 56.8 Å². The minimum Gasteiger partial charge on any atom is -0.462 e. The lowest BCUT2D eigenvalue weighted by atomic mass is 10.00. The van der Waals surface area contributed by atoms with Gasteiger partial charge in [0.15, 0.2) is 12.4 Å². The lowest BCUT2D eigenvalue weighted by Gasteiger charge is -2.40. The molecule has 12 nitrogen and oxygen atoms in total. The summed E-state index contributed by atoms with van der Waals surface area (Å²) in [4.78, 5) is 25.3. The summed E-state index contributed by atoms with van der Waals surface area (Å²) in [5.41, 5.74) is 0. The molecule has 13 heteroatoms. The van der Waals surface area contributed by atoms with Gasteiger partial charge in [0.25, 0.3) is 10.1 Å². The number of allylic oxidation sites excluding steroid dienone is 6. The van der Waals surface area contributed by atoms with Gasteiger partial charge in [-0.1, -0.05) is 147 Å². The van der Waals surface area contributed by atoms with Crippen LogP contribution in [0.1, 0.15) is 168 Å². The molecule has 0 aromatic heterocycles. The van der Waals surface area contributed by atoms with E-state index >= 15 is 0 Å². The third-order valence-corrected chi connectivity index (χ3v) is 10.5. The van der Waals surface area contributed by atoms with Gasteiger partial charge in [-0.2, -0.15) is 8.42 Å². The third kappa shape index (κ3) is 28.3. The van der Waals surface area contributed by atoms with E-state index in [1.54, 1.807) is 0 Å². The first-order valence-corrected chi connectivity index (χ1v) is 23.2. The van der Waals surface area contributed by atoms with E-state index < -0.39 is 71.2 Å². The van der Waals surface area contributed by atoms with E-state index in [0.717, 1.165) is 70.6 Å². The molecule has 0 radical (unpaired) electrons. The Bertz CT molecular complexity index is 1190. The van der Waals surface area contributed by atoms with Crippen LogP contribution in [0.25, 0.3) is 0 Å². The van der Waals surface area contributed by atoms with Gasteiger partial charge in [-0.3, -0.25) is 14.1 Å². The summed E-state index contributed by atoms with van der Waals surface area (Å²) in [5.74, 6) is -2.00. The summed E-state index contributed by atoms with van der Waals surface area (Å²) >= 11 is 0. The van der Waals surface area contributed by atoms with Crippen molar-refractivity contribution in [1.29, 1.82) is 0 Å². The molecule has 6 atom stereocenters. The van der Waals surface area contributed by atoms with Gasteiger partial charge in [0.1, 0.15) is 36.8 Å². The molecule has 4 N–H and O–H groups in total. The van der Waals surface area contributed by atoms with Crippen molar-refractivity contribution in [2.75, 3.05) is 19.0 Å². The van der Waals surface area contributed by atoms with Gasteiger partial charge < -0.3 is 34.3 Å². The molecule has 326 valence electrons. The van der Waals surface area contributed by atoms with Crippen LogP contribution in [0.5, 0.6) is 0 Å². The van der Waals surface area contributed by atoms with Gasteiger partial charge in [0.05, 0.1) is 6.61 Å². The monoisotopic (exact) mass is 817 g/mol. The average molecular weight is 817 g/mol. The maximum atomic E-state index is 12.8. The van der Waals surface area contributed by atoms with Gasteiger partial charge >= 0.3 is 11.9 Å². The first-order valence-electron chi connectivity index (χ1n) is 21.5. The standard InChI is InChI=1S/C43H76O12S/c1-3-5-7-9-11-13-15-17-18-20-21-23-25-27-29-31-38(44)52-33-36(34-53-43-42(48)41(47)40(46)37(55-43)35-56(49,50)51)54-39(45)32-30-28-26-24-22-19-16-14-12-10-8-6-4-2/h5,7,11,13,17-18,36-37,40-43,46-48H,3-4,6,8-10,12,14-16,19-35H2,1-2H3,(H,49,50,51)/b7-5+,13-11+,18-17+/t36-,37-,40-,41+,42-,43+/m1/s1. The number of carbonyl (C=O) groups excluding carboxylic acids is 2. The Morgan fingerprint density at radius 1 is 0.625 bits per heavy atom. The van der Waals surface area contributed by atoms with Crippen molar-refractivity contribution in [2.45, 2.75) is 205 Å². The number of ether oxygens (including phenoxy) is 4. The van der Waals surface area contributed by atoms with E-state index in [0.29, 0.717) is 12.8 Å². The second kappa shape index (κ2) is 33.8. The number of esters is 2. The highest BCUT2D eigenvalue weighted by atomic mass is 32.2. The fourth-order valence-electron chi connectivity index (χ4n) is 6.40. The molecule has 1 heterocycles. The lowest BCUT2D eigenvalue weighted by molar-refractivity contribution is -0.297. The quantitative estimate of drug-likeness (QED) is 0.0208. The van der Waals surface area contributed by atoms with Crippen LogP contribution in [-0.2, 0) is 38.7 Å². The van der Waals surface area contributed by atoms with Crippen molar-refractivity contribution in [3.63, 3.8) is 0 Å². The van der Waals surface area contributed by atoms with Gasteiger partial charge in [0, 0.05) is 12.8 Å². The fourth-order valence-corrected chi connectivity index (χ4v) is 7.09. The molecule has 1 rings (SSSR count). The molecule has 0 aromatic carbocycles. The molecular formula is C43H76O12S. The predicted octanol–water partition coefficient (Wildman–Crippen LogP) is 8.22. The van der Waals surface area contributed by atoms with Crippen molar-refractivity contribution in [1.82, 2.24) is 0 Å². The Kier molecular flexibility index (Phi) is 31.3. The zero-order valence-electron chi connectivity index (χ0n) is 34.5. The summed E-state index contributed by atoms with van der Waals surface area (Å²) in [6.45, 7) is 3.62. The van der Waals surface area contributed by atoms with Gasteiger partial charge in [0.2, 0.25) is 0 Å². The summed E-state index contributed by atoms with van der Waals surface area (Å²) in [6, 6.07) is 0. The first kappa shape index (κ1) is 51.9. The number of carbonyl (C=O) groups is 2. The van der Waals surface area contributed by atoms with Crippen LogP contribution in [0.4, 0.5) is 0 Å². The molecule has 0 saturated carbocycles. The Labute approximate surface area is 338 Å². The summed E-state index contributed by atoms with van der Waals surface area (Å²) in [7, 11) is -4.60. The zero-order valence-corrected chi connectivity index (χ0v) is 35.3. The van der Waals surface area contributed by atoms with Gasteiger partial charge in [-0.25, -0.2) is 0 Å². The van der Waals surface area contributed by atoms with Crippen LogP contribution < -0.4 is 0 Å². The second-order valence-corrected chi connectivity index (χ2v) is 16.5. The van der Waals surface area contributed by atoms with Crippen LogP contribution in [0, 0.1) is 0 Å². The van der Waals surface area contributed by atoms with Crippen LogP contribution in [0.15, 0.2) is 36.5 Å². The molecule has 0 aliphatic carbocycles. The molecule has 1 fully saturated rings. The van der Waals surface area contributed by atoms with E-state index in [1.807, 2.05) is 0 Å². The smallest absolute Gasteiger partial charge is 0.306 e. The highest BCUT2D eigenvalue weighted by Gasteiger charge is 2.46. The number of aliphatic hydroxyl groups excluding tert-OH is 3. The van der Waals surface area contributed by atoms with Crippen LogP contribution in [0.2, 0.25) is 0 Å². The summed E-state index contributed by atoms with van der Waals surface area (Å²) < 4.78 is 54.0. The predicted molar refractivity (Wildman–Crippen MR) is 219 cm³/mol. The summed E-state index contributed by atoms with van der Waals surface area (Å²) in [6.07, 6.45) is 27.6. The average Bonchev–Trinajstić information content (AvgIpc) is 3.16. The van der Waals surface area contributed by atoms with E-state index in [9.17, 15) is 37.9 Å². The first-order chi connectivity index (χ1) is 27.0. The Morgan fingerprint density at radius 3 is 1.68 bits per heavy atom. The fraction of sp³-hybridized carbons (Fsp3) is 0.814. The van der Waals surface area contributed by atoms with Crippen LogP contribution in [-0.4, -0.2) is 96.0 Å². The SMILES string of the molecule is CC/C=C/C/C=C/C/C=C/CCCCCCCC(=O)OC[C@H](CO[C@H]1O[C@H](CS(=O)(=O)O)[C@@H](O)[C@H](O)[C@H]1O)OC(=O)CCCCCCCCCCCCCCC. The third-order valence-electron chi connectivity index (χ3n) is 9.73. The molecule has 0 unspecified atom stereocenters. The topological polar surface area (TPSA) is 186 Å². The lowest BCUT2D eigenvalue weighted by Crippen LogP contribution is -2.60. The normalized spacial score (nSPS) is 21.0.